The van der Waals surface area contributed by atoms with Gasteiger partial charge in [-0.25, -0.2) is 4.99 Å². The third kappa shape index (κ3) is 3.37. The molecular weight excluding hydrogens is 398 g/mol. The van der Waals surface area contributed by atoms with Gasteiger partial charge in [0.2, 0.25) is 0 Å². The Morgan fingerprint density at radius 3 is 2.37 bits per heavy atom. The summed E-state index contributed by atoms with van der Waals surface area (Å²) in [4.78, 5) is 23.7. The molecule has 1 saturated heterocycles. The zero-order chi connectivity index (χ0) is 19.0. The molecule has 0 radical (unpaired) electrons. The van der Waals surface area contributed by atoms with E-state index in [0.717, 1.165) is 27.9 Å². The number of benzene rings is 2. The molecule has 0 aliphatic carbocycles. The number of carbonyl (C=O) groups excluding carboxylic acids is 1. The summed E-state index contributed by atoms with van der Waals surface area (Å²) in [5.41, 5.74) is 1.95. The summed E-state index contributed by atoms with van der Waals surface area (Å²) in [5, 5.41) is 2.37. The van der Waals surface area contributed by atoms with Gasteiger partial charge in [0.05, 0.1) is 11.4 Å². The highest BCUT2D eigenvalue weighted by Gasteiger charge is 2.38. The van der Waals surface area contributed by atoms with Crippen molar-refractivity contribution in [3.05, 3.63) is 63.5 Å². The number of hydrogen-bond acceptors (Lipinski definition) is 5. The number of amidine groups is 1. The van der Waals surface area contributed by atoms with E-state index in [-0.39, 0.29) is 5.91 Å². The molecule has 4 nitrogen and oxygen atoms in total. The largest absolute Gasteiger partial charge is 0.334 e. The standard InChI is InChI=1S/C20H18ClN3OS2/c1-3-23-15-7-5-6-8-16(15)26-19(23)17-18(25)24(4-2)20(27-17)22-14-11-9-13(21)10-12-14/h5-12H,3-4H2,1-2H3. The highest BCUT2D eigenvalue weighted by Crippen LogP contribution is 2.50. The first-order valence-corrected chi connectivity index (χ1v) is 10.8. The van der Waals surface area contributed by atoms with Gasteiger partial charge in [0, 0.05) is 23.0 Å². The van der Waals surface area contributed by atoms with Crippen molar-refractivity contribution in [1.82, 2.24) is 4.90 Å². The second kappa shape index (κ2) is 7.62. The van der Waals surface area contributed by atoms with E-state index in [1.165, 1.54) is 16.7 Å². The van der Waals surface area contributed by atoms with E-state index in [1.54, 1.807) is 28.8 Å². The van der Waals surface area contributed by atoms with Crippen LogP contribution in [0.5, 0.6) is 0 Å². The third-order valence-corrected chi connectivity index (χ3v) is 6.98. The van der Waals surface area contributed by atoms with Crippen molar-refractivity contribution < 1.29 is 4.79 Å². The zero-order valence-electron chi connectivity index (χ0n) is 15.0. The molecule has 4 rings (SSSR count). The van der Waals surface area contributed by atoms with Crippen LogP contribution in [-0.2, 0) is 4.79 Å². The molecule has 1 fully saturated rings. The second-order valence-electron chi connectivity index (χ2n) is 5.97. The highest BCUT2D eigenvalue weighted by atomic mass is 35.5. The summed E-state index contributed by atoms with van der Waals surface area (Å²) in [5.74, 6) is 0.0176. The molecule has 0 saturated carbocycles. The van der Waals surface area contributed by atoms with Crippen LogP contribution in [0, 0.1) is 0 Å². The minimum Gasteiger partial charge on any atom is -0.334 e. The van der Waals surface area contributed by atoms with Gasteiger partial charge in [0.25, 0.3) is 5.91 Å². The summed E-state index contributed by atoms with van der Waals surface area (Å²) < 4.78 is 0. The van der Waals surface area contributed by atoms with Crippen LogP contribution < -0.4 is 4.90 Å². The highest BCUT2D eigenvalue weighted by molar-refractivity contribution is 8.19. The second-order valence-corrected chi connectivity index (χ2v) is 8.42. The molecule has 2 aromatic rings. The SMILES string of the molecule is CCN1C(=O)C(=C2Sc3ccccc3N2CC)SC1=Nc1ccc(Cl)cc1. The molecule has 2 aliphatic heterocycles. The Morgan fingerprint density at radius 2 is 1.67 bits per heavy atom. The van der Waals surface area contributed by atoms with E-state index >= 15 is 0 Å². The number of amides is 1. The number of para-hydroxylation sites is 1. The van der Waals surface area contributed by atoms with Crippen molar-refractivity contribution in [1.29, 1.82) is 0 Å². The number of likely N-dealkylation sites (N-methyl/N-ethyl adjacent to an activating group) is 1. The number of rotatable bonds is 3. The van der Waals surface area contributed by atoms with Gasteiger partial charge in [-0.05, 0) is 62.0 Å². The monoisotopic (exact) mass is 415 g/mol. The van der Waals surface area contributed by atoms with Gasteiger partial charge < -0.3 is 4.90 Å². The smallest absolute Gasteiger partial charge is 0.269 e. The third-order valence-electron chi connectivity index (χ3n) is 4.35. The van der Waals surface area contributed by atoms with Gasteiger partial charge in [-0.1, -0.05) is 35.5 Å². The molecular formula is C20H18ClN3OS2. The first-order chi connectivity index (χ1) is 13.1. The van der Waals surface area contributed by atoms with Gasteiger partial charge in [-0.3, -0.25) is 9.69 Å². The van der Waals surface area contributed by atoms with E-state index in [0.29, 0.717) is 16.7 Å². The molecule has 27 heavy (non-hydrogen) atoms. The number of fused-ring (bicyclic) bond motifs is 1. The van der Waals surface area contributed by atoms with Crippen molar-refractivity contribution in [3.63, 3.8) is 0 Å². The van der Waals surface area contributed by atoms with Gasteiger partial charge in [-0.2, -0.15) is 0 Å². The molecule has 0 spiro atoms. The van der Waals surface area contributed by atoms with Crippen molar-refractivity contribution in [2.24, 2.45) is 4.99 Å². The lowest BCUT2D eigenvalue weighted by molar-refractivity contribution is -0.122. The predicted molar refractivity (Wildman–Crippen MR) is 116 cm³/mol. The summed E-state index contributed by atoms with van der Waals surface area (Å²) in [6, 6.07) is 15.6. The maximum Gasteiger partial charge on any atom is 0.269 e. The molecule has 0 atom stereocenters. The molecule has 2 aromatic carbocycles. The van der Waals surface area contributed by atoms with Gasteiger partial charge >= 0.3 is 0 Å². The maximum atomic E-state index is 13.1. The van der Waals surface area contributed by atoms with Gasteiger partial charge in [0.1, 0.15) is 9.93 Å². The minimum atomic E-state index is 0.0176. The fraction of sp³-hybridized carbons (Fsp3) is 0.200. The fourth-order valence-electron chi connectivity index (χ4n) is 3.04. The first kappa shape index (κ1) is 18.5. The minimum absolute atomic E-state index is 0.0176. The molecule has 0 N–H and O–H groups in total. The Labute approximate surface area is 172 Å². The summed E-state index contributed by atoms with van der Waals surface area (Å²) in [6.07, 6.45) is 0. The summed E-state index contributed by atoms with van der Waals surface area (Å²) in [6.45, 7) is 5.47. The maximum absolute atomic E-state index is 13.1. The number of hydrogen-bond donors (Lipinski definition) is 0. The van der Waals surface area contributed by atoms with Crippen LogP contribution >= 0.6 is 35.1 Å². The number of aliphatic imine (C=N–C) groups is 1. The average molecular weight is 416 g/mol. The Bertz CT molecular complexity index is 956. The van der Waals surface area contributed by atoms with E-state index in [4.69, 9.17) is 11.6 Å². The topological polar surface area (TPSA) is 35.9 Å². The van der Waals surface area contributed by atoms with Crippen molar-refractivity contribution in [2.45, 2.75) is 18.7 Å². The van der Waals surface area contributed by atoms with Crippen LogP contribution in [0.4, 0.5) is 11.4 Å². The van der Waals surface area contributed by atoms with E-state index in [1.807, 2.05) is 31.2 Å². The Kier molecular flexibility index (Phi) is 5.21. The number of halogens is 1. The Hall–Kier alpha value is -1.89. The molecule has 2 aliphatic rings. The summed E-state index contributed by atoms with van der Waals surface area (Å²) >= 11 is 9.06. The van der Waals surface area contributed by atoms with Gasteiger partial charge in [-0.15, -0.1) is 0 Å². The molecule has 2 heterocycles. The number of nitrogens with zero attached hydrogens (tertiary/aromatic N) is 3. The van der Waals surface area contributed by atoms with Crippen LogP contribution in [0.15, 0.2) is 68.4 Å². The van der Waals surface area contributed by atoms with E-state index < -0.39 is 0 Å². The molecule has 0 aromatic heterocycles. The van der Waals surface area contributed by atoms with Crippen molar-refractivity contribution in [2.75, 3.05) is 18.0 Å². The molecule has 1 amide bonds. The normalized spacial score (nSPS) is 20.7. The number of thioether (sulfide) groups is 2. The quantitative estimate of drug-likeness (QED) is 0.600. The summed E-state index contributed by atoms with van der Waals surface area (Å²) in [7, 11) is 0. The number of carbonyl (C=O) groups is 1. The predicted octanol–water partition coefficient (Wildman–Crippen LogP) is 5.72. The first-order valence-electron chi connectivity index (χ1n) is 8.75. The number of anilines is 1. The average Bonchev–Trinajstić information content (AvgIpc) is 3.20. The molecule has 138 valence electrons. The lowest BCUT2D eigenvalue weighted by Gasteiger charge is -2.19. The van der Waals surface area contributed by atoms with Crippen LogP contribution in [0.25, 0.3) is 0 Å². The fourth-order valence-corrected chi connectivity index (χ4v) is 5.62. The Balaban J connectivity index is 1.74. The zero-order valence-corrected chi connectivity index (χ0v) is 17.4. The van der Waals surface area contributed by atoms with Crippen LogP contribution in [-0.4, -0.2) is 29.1 Å². The van der Waals surface area contributed by atoms with Crippen LogP contribution in [0.1, 0.15) is 13.8 Å². The van der Waals surface area contributed by atoms with Crippen LogP contribution in [0.3, 0.4) is 0 Å². The van der Waals surface area contributed by atoms with E-state index in [9.17, 15) is 4.79 Å². The van der Waals surface area contributed by atoms with Crippen molar-refractivity contribution in [3.8, 4) is 0 Å². The lowest BCUT2D eigenvalue weighted by atomic mass is 10.3. The van der Waals surface area contributed by atoms with E-state index in [2.05, 4.69) is 28.9 Å². The molecule has 0 unspecified atom stereocenters. The van der Waals surface area contributed by atoms with Gasteiger partial charge in [0.15, 0.2) is 5.17 Å². The molecule has 7 heteroatoms. The van der Waals surface area contributed by atoms with Crippen molar-refractivity contribution >= 4 is 57.6 Å². The Morgan fingerprint density at radius 1 is 0.963 bits per heavy atom. The van der Waals surface area contributed by atoms with Crippen LogP contribution in [0.2, 0.25) is 5.02 Å². The molecule has 0 bridgehead atoms. The lowest BCUT2D eigenvalue weighted by Crippen LogP contribution is -2.29.